The number of anilines is 1. The van der Waals surface area contributed by atoms with Gasteiger partial charge in [0, 0.05) is 22.3 Å². The van der Waals surface area contributed by atoms with E-state index in [2.05, 4.69) is 21.2 Å². The van der Waals surface area contributed by atoms with Gasteiger partial charge in [0.1, 0.15) is 0 Å². The zero-order valence-electron chi connectivity index (χ0n) is 8.01. The number of carbonyl (C=O) groups excluding carboxylic acids is 1. The molecule has 0 aliphatic rings. The van der Waals surface area contributed by atoms with Crippen LogP contribution in [0.15, 0.2) is 22.7 Å². The molecule has 1 rings (SSSR count). The Morgan fingerprint density at radius 1 is 1.57 bits per heavy atom. The van der Waals surface area contributed by atoms with Gasteiger partial charge in [-0.05, 0) is 40.5 Å². The van der Waals surface area contributed by atoms with Crippen molar-refractivity contribution in [3.63, 3.8) is 0 Å². The lowest BCUT2D eigenvalue weighted by atomic mass is 10.2. The van der Waals surface area contributed by atoms with Crippen molar-refractivity contribution < 1.29 is 4.79 Å². The minimum atomic E-state index is -0.0777. The first kappa shape index (κ1) is 11.0. The lowest BCUT2D eigenvalue weighted by molar-refractivity contribution is 0.0953. The third-order valence-electron chi connectivity index (χ3n) is 1.79. The minimum Gasteiger partial charge on any atom is -0.398 e. The van der Waals surface area contributed by atoms with Crippen LogP contribution in [0.2, 0.25) is 0 Å². The predicted molar refractivity (Wildman–Crippen MR) is 61.2 cm³/mol. The van der Waals surface area contributed by atoms with Gasteiger partial charge in [0.05, 0.1) is 0 Å². The average Bonchev–Trinajstić information content (AvgIpc) is 2.18. The third-order valence-corrected chi connectivity index (χ3v) is 2.52. The normalized spacial score (nSPS) is 9.86. The molecule has 1 aromatic rings. The lowest BCUT2D eigenvalue weighted by Crippen LogP contribution is -2.23. The van der Waals surface area contributed by atoms with E-state index >= 15 is 0 Å². The summed E-state index contributed by atoms with van der Waals surface area (Å²) >= 11 is 3.27. The highest BCUT2D eigenvalue weighted by atomic mass is 79.9. The quantitative estimate of drug-likeness (QED) is 0.815. The van der Waals surface area contributed by atoms with Crippen molar-refractivity contribution in [3.05, 3.63) is 28.2 Å². The van der Waals surface area contributed by atoms with Crippen LogP contribution in [0.4, 0.5) is 5.69 Å². The molecule has 0 unspecified atom stereocenters. The Kier molecular flexibility index (Phi) is 3.95. The van der Waals surface area contributed by atoms with E-state index in [4.69, 9.17) is 5.73 Å². The summed E-state index contributed by atoms with van der Waals surface area (Å²) < 4.78 is 0.810. The molecule has 0 spiro atoms. The van der Waals surface area contributed by atoms with Gasteiger partial charge in [0.2, 0.25) is 0 Å². The summed E-state index contributed by atoms with van der Waals surface area (Å²) in [6, 6.07) is 5.18. The third kappa shape index (κ3) is 2.73. The average molecular weight is 257 g/mol. The molecule has 3 N–H and O–H groups in total. The van der Waals surface area contributed by atoms with Crippen LogP contribution in [0.25, 0.3) is 0 Å². The number of hydrogen-bond acceptors (Lipinski definition) is 2. The van der Waals surface area contributed by atoms with E-state index in [0.29, 0.717) is 17.8 Å². The number of rotatable bonds is 3. The second kappa shape index (κ2) is 5.00. The first-order valence-electron chi connectivity index (χ1n) is 4.48. The number of carbonyl (C=O) groups is 1. The fourth-order valence-corrected chi connectivity index (χ4v) is 1.27. The summed E-state index contributed by atoms with van der Waals surface area (Å²) in [5.41, 5.74) is 6.83. The maximum absolute atomic E-state index is 11.5. The van der Waals surface area contributed by atoms with E-state index < -0.39 is 0 Å². The molecular formula is C10H13BrN2O. The van der Waals surface area contributed by atoms with Crippen molar-refractivity contribution in [2.75, 3.05) is 12.3 Å². The van der Waals surface area contributed by atoms with Crippen molar-refractivity contribution >= 4 is 27.5 Å². The maximum Gasteiger partial charge on any atom is 0.251 e. The first-order chi connectivity index (χ1) is 6.65. The van der Waals surface area contributed by atoms with Gasteiger partial charge in [0.25, 0.3) is 5.91 Å². The van der Waals surface area contributed by atoms with Gasteiger partial charge in [0.15, 0.2) is 0 Å². The minimum absolute atomic E-state index is 0.0777. The standard InChI is InChI=1S/C10H13BrN2O/c1-2-5-13-10(14)7-3-4-8(11)9(12)6-7/h3-4,6H,2,5,12H2,1H3,(H,13,14). The van der Waals surface area contributed by atoms with Gasteiger partial charge in [-0.1, -0.05) is 6.92 Å². The zero-order chi connectivity index (χ0) is 10.6. The molecule has 0 atom stereocenters. The molecule has 0 saturated carbocycles. The highest BCUT2D eigenvalue weighted by Crippen LogP contribution is 2.19. The second-order valence-corrected chi connectivity index (χ2v) is 3.85. The molecule has 4 heteroatoms. The topological polar surface area (TPSA) is 55.1 Å². The molecule has 1 aromatic carbocycles. The van der Waals surface area contributed by atoms with Crippen LogP contribution in [0.3, 0.4) is 0 Å². The van der Waals surface area contributed by atoms with Gasteiger partial charge in [-0.3, -0.25) is 4.79 Å². The second-order valence-electron chi connectivity index (χ2n) is 2.99. The van der Waals surface area contributed by atoms with E-state index in [9.17, 15) is 4.79 Å². The molecule has 1 amide bonds. The molecule has 0 aliphatic carbocycles. The van der Waals surface area contributed by atoms with Gasteiger partial charge in [-0.25, -0.2) is 0 Å². The molecule has 0 saturated heterocycles. The Labute approximate surface area is 91.8 Å². The predicted octanol–water partition coefficient (Wildman–Crippen LogP) is 2.17. The van der Waals surface area contributed by atoms with Gasteiger partial charge in [-0.2, -0.15) is 0 Å². The molecule has 0 fully saturated rings. The molecule has 0 aliphatic heterocycles. The lowest BCUT2D eigenvalue weighted by Gasteiger charge is -2.05. The van der Waals surface area contributed by atoms with Crippen molar-refractivity contribution in [3.8, 4) is 0 Å². The van der Waals surface area contributed by atoms with Crippen LogP contribution in [0.1, 0.15) is 23.7 Å². The van der Waals surface area contributed by atoms with E-state index in [1.54, 1.807) is 18.2 Å². The summed E-state index contributed by atoms with van der Waals surface area (Å²) in [5.74, 6) is -0.0777. The van der Waals surface area contributed by atoms with Crippen LogP contribution < -0.4 is 11.1 Å². The Hall–Kier alpha value is -1.03. The Bertz CT molecular complexity index is 339. The van der Waals surface area contributed by atoms with Crippen LogP contribution in [-0.4, -0.2) is 12.5 Å². The number of hydrogen-bond donors (Lipinski definition) is 2. The number of benzene rings is 1. The van der Waals surface area contributed by atoms with Crippen LogP contribution in [0.5, 0.6) is 0 Å². The number of nitrogens with two attached hydrogens (primary N) is 1. The molecule has 76 valence electrons. The highest BCUT2D eigenvalue weighted by Gasteiger charge is 2.05. The molecule has 14 heavy (non-hydrogen) atoms. The highest BCUT2D eigenvalue weighted by molar-refractivity contribution is 9.10. The van der Waals surface area contributed by atoms with Crippen molar-refractivity contribution in [1.82, 2.24) is 5.32 Å². The largest absolute Gasteiger partial charge is 0.398 e. The first-order valence-corrected chi connectivity index (χ1v) is 5.27. The summed E-state index contributed by atoms with van der Waals surface area (Å²) in [7, 11) is 0. The smallest absolute Gasteiger partial charge is 0.251 e. The Morgan fingerprint density at radius 2 is 2.29 bits per heavy atom. The van der Waals surface area contributed by atoms with Crippen molar-refractivity contribution in [2.24, 2.45) is 0 Å². The molecule has 0 radical (unpaired) electrons. The van der Waals surface area contributed by atoms with Crippen LogP contribution >= 0.6 is 15.9 Å². The van der Waals surface area contributed by atoms with E-state index in [1.165, 1.54) is 0 Å². The molecule has 0 heterocycles. The molecular weight excluding hydrogens is 244 g/mol. The fourth-order valence-electron chi connectivity index (χ4n) is 1.03. The van der Waals surface area contributed by atoms with Crippen molar-refractivity contribution in [1.29, 1.82) is 0 Å². The summed E-state index contributed by atoms with van der Waals surface area (Å²) in [4.78, 5) is 11.5. The zero-order valence-corrected chi connectivity index (χ0v) is 9.60. The molecule has 0 aromatic heterocycles. The SMILES string of the molecule is CCCNC(=O)c1ccc(Br)c(N)c1. The fraction of sp³-hybridized carbons (Fsp3) is 0.300. The Balaban J connectivity index is 2.76. The van der Waals surface area contributed by atoms with Gasteiger partial charge in [-0.15, -0.1) is 0 Å². The summed E-state index contributed by atoms with van der Waals surface area (Å²) in [6.45, 7) is 2.70. The van der Waals surface area contributed by atoms with Gasteiger partial charge < -0.3 is 11.1 Å². The summed E-state index contributed by atoms with van der Waals surface area (Å²) in [6.07, 6.45) is 0.928. The van der Waals surface area contributed by atoms with E-state index in [1.807, 2.05) is 6.92 Å². The number of nitrogen functional groups attached to an aromatic ring is 1. The molecule has 0 bridgehead atoms. The number of halogens is 1. The maximum atomic E-state index is 11.5. The number of nitrogens with one attached hydrogen (secondary N) is 1. The summed E-state index contributed by atoms with van der Waals surface area (Å²) in [5, 5.41) is 2.79. The molecule has 3 nitrogen and oxygen atoms in total. The van der Waals surface area contributed by atoms with Crippen molar-refractivity contribution in [2.45, 2.75) is 13.3 Å². The Morgan fingerprint density at radius 3 is 2.86 bits per heavy atom. The van der Waals surface area contributed by atoms with Crippen LogP contribution in [0, 0.1) is 0 Å². The van der Waals surface area contributed by atoms with Gasteiger partial charge >= 0.3 is 0 Å². The van der Waals surface area contributed by atoms with E-state index in [-0.39, 0.29) is 5.91 Å². The monoisotopic (exact) mass is 256 g/mol. The van der Waals surface area contributed by atoms with Crippen LogP contribution in [-0.2, 0) is 0 Å². The van der Waals surface area contributed by atoms with E-state index in [0.717, 1.165) is 10.9 Å². The number of amides is 1.